The summed E-state index contributed by atoms with van der Waals surface area (Å²) in [5, 5.41) is 3.96. The first-order valence-electron chi connectivity index (χ1n) is 9.58. The highest BCUT2D eigenvalue weighted by atomic mass is 14.9. The highest BCUT2D eigenvalue weighted by Crippen LogP contribution is 2.40. The fourth-order valence-electron chi connectivity index (χ4n) is 5.24. The first-order chi connectivity index (χ1) is 9.85. The van der Waals surface area contributed by atoms with Gasteiger partial charge in [-0.2, -0.15) is 0 Å². The van der Waals surface area contributed by atoms with Gasteiger partial charge in [0.25, 0.3) is 0 Å². The topological polar surface area (TPSA) is 12.0 Å². The number of nitrogens with one attached hydrogen (secondary N) is 1. The Morgan fingerprint density at radius 1 is 0.750 bits per heavy atom. The van der Waals surface area contributed by atoms with Gasteiger partial charge in [-0.05, 0) is 62.3 Å². The van der Waals surface area contributed by atoms with Gasteiger partial charge < -0.3 is 5.32 Å². The molecule has 3 aliphatic rings. The van der Waals surface area contributed by atoms with Gasteiger partial charge in [-0.1, -0.05) is 51.9 Å². The van der Waals surface area contributed by atoms with Crippen molar-refractivity contribution in [1.82, 2.24) is 5.32 Å². The van der Waals surface area contributed by atoms with Crippen LogP contribution < -0.4 is 5.32 Å². The van der Waals surface area contributed by atoms with E-state index >= 15 is 0 Å². The molecule has 0 saturated heterocycles. The smallest absolute Gasteiger partial charge is 0.00700 e. The van der Waals surface area contributed by atoms with Crippen molar-refractivity contribution in [3.8, 4) is 0 Å². The fourth-order valence-corrected chi connectivity index (χ4v) is 5.24. The summed E-state index contributed by atoms with van der Waals surface area (Å²) in [6.45, 7) is 3.68. The highest BCUT2D eigenvalue weighted by Gasteiger charge is 2.32. The largest absolute Gasteiger partial charge is 0.314 e. The molecule has 0 aliphatic heterocycles. The van der Waals surface area contributed by atoms with Gasteiger partial charge in [0.05, 0.1) is 0 Å². The average Bonchev–Trinajstić information content (AvgIpc) is 2.53. The monoisotopic (exact) mass is 277 g/mol. The van der Waals surface area contributed by atoms with Crippen LogP contribution in [-0.4, -0.2) is 12.6 Å². The van der Waals surface area contributed by atoms with Gasteiger partial charge in [0.1, 0.15) is 0 Å². The van der Waals surface area contributed by atoms with E-state index in [-0.39, 0.29) is 0 Å². The zero-order chi connectivity index (χ0) is 13.8. The van der Waals surface area contributed by atoms with Crippen molar-refractivity contribution in [2.45, 2.75) is 90.0 Å². The highest BCUT2D eigenvalue weighted by molar-refractivity contribution is 4.86. The molecule has 0 aromatic rings. The molecular formula is C19H35N. The van der Waals surface area contributed by atoms with E-state index in [9.17, 15) is 0 Å². The third-order valence-electron chi connectivity index (χ3n) is 6.78. The number of hydrogen-bond donors (Lipinski definition) is 1. The van der Waals surface area contributed by atoms with Crippen LogP contribution in [0.4, 0.5) is 0 Å². The van der Waals surface area contributed by atoms with Gasteiger partial charge in [0, 0.05) is 6.04 Å². The Kier molecular flexibility index (Phi) is 5.42. The van der Waals surface area contributed by atoms with E-state index in [1.54, 1.807) is 6.42 Å². The second-order valence-corrected chi connectivity index (χ2v) is 8.02. The Hall–Kier alpha value is -0.0400. The Labute approximate surface area is 126 Å². The summed E-state index contributed by atoms with van der Waals surface area (Å²) in [5.41, 5.74) is 0. The van der Waals surface area contributed by atoms with Crippen molar-refractivity contribution in [2.24, 2.45) is 23.7 Å². The maximum Gasteiger partial charge on any atom is 0.00700 e. The summed E-state index contributed by atoms with van der Waals surface area (Å²) < 4.78 is 0. The van der Waals surface area contributed by atoms with E-state index < -0.39 is 0 Å². The predicted octanol–water partition coefficient (Wildman–Crippen LogP) is 5.15. The summed E-state index contributed by atoms with van der Waals surface area (Å²) in [4.78, 5) is 0. The Morgan fingerprint density at radius 2 is 1.45 bits per heavy atom. The molecule has 3 atom stereocenters. The fraction of sp³-hybridized carbons (Fsp3) is 1.00. The third-order valence-corrected chi connectivity index (χ3v) is 6.78. The van der Waals surface area contributed by atoms with E-state index in [0.29, 0.717) is 0 Å². The summed E-state index contributed by atoms with van der Waals surface area (Å²) in [5.74, 6) is 4.21. The lowest BCUT2D eigenvalue weighted by Gasteiger charge is -2.40. The normalized spacial score (nSPS) is 42.1. The SMILES string of the molecule is CCC1CCC(CNC2CCC3CCCCC3C2)CC1. The van der Waals surface area contributed by atoms with Crippen LogP contribution in [0.3, 0.4) is 0 Å². The van der Waals surface area contributed by atoms with Crippen LogP contribution in [0.15, 0.2) is 0 Å². The molecule has 116 valence electrons. The molecular weight excluding hydrogens is 242 g/mol. The van der Waals surface area contributed by atoms with Crippen molar-refractivity contribution < 1.29 is 0 Å². The Morgan fingerprint density at radius 3 is 2.20 bits per heavy atom. The molecule has 0 spiro atoms. The van der Waals surface area contributed by atoms with Crippen LogP contribution in [0.25, 0.3) is 0 Å². The first-order valence-corrected chi connectivity index (χ1v) is 9.58. The second-order valence-electron chi connectivity index (χ2n) is 8.02. The Bertz CT molecular complexity index is 279. The lowest BCUT2D eigenvalue weighted by atomic mass is 9.69. The van der Waals surface area contributed by atoms with E-state index in [1.807, 2.05) is 0 Å². The molecule has 20 heavy (non-hydrogen) atoms. The molecule has 0 aromatic carbocycles. The van der Waals surface area contributed by atoms with Crippen LogP contribution in [-0.2, 0) is 0 Å². The van der Waals surface area contributed by atoms with Gasteiger partial charge >= 0.3 is 0 Å². The summed E-state index contributed by atoms with van der Waals surface area (Å²) in [7, 11) is 0. The van der Waals surface area contributed by atoms with E-state index in [1.165, 1.54) is 77.2 Å². The molecule has 0 bridgehead atoms. The molecule has 0 radical (unpaired) electrons. The van der Waals surface area contributed by atoms with Gasteiger partial charge in [0.2, 0.25) is 0 Å². The van der Waals surface area contributed by atoms with Crippen molar-refractivity contribution in [2.75, 3.05) is 6.54 Å². The van der Waals surface area contributed by atoms with E-state index in [0.717, 1.165) is 29.7 Å². The molecule has 3 rings (SSSR count). The van der Waals surface area contributed by atoms with Crippen LogP contribution >= 0.6 is 0 Å². The number of hydrogen-bond acceptors (Lipinski definition) is 1. The summed E-state index contributed by atoms with van der Waals surface area (Å²) >= 11 is 0. The van der Waals surface area contributed by atoms with Crippen molar-refractivity contribution in [3.63, 3.8) is 0 Å². The molecule has 3 unspecified atom stereocenters. The van der Waals surface area contributed by atoms with E-state index in [4.69, 9.17) is 0 Å². The van der Waals surface area contributed by atoms with E-state index in [2.05, 4.69) is 12.2 Å². The van der Waals surface area contributed by atoms with Gasteiger partial charge in [0.15, 0.2) is 0 Å². The molecule has 0 amide bonds. The summed E-state index contributed by atoms with van der Waals surface area (Å²) in [6, 6.07) is 0.859. The first kappa shape index (κ1) is 14.9. The molecule has 0 aromatic heterocycles. The molecule has 1 heteroatoms. The van der Waals surface area contributed by atoms with Gasteiger partial charge in [-0.3, -0.25) is 0 Å². The van der Waals surface area contributed by atoms with Gasteiger partial charge in [-0.25, -0.2) is 0 Å². The minimum absolute atomic E-state index is 0.859. The molecule has 0 heterocycles. The molecule has 3 aliphatic carbocycles. The van der Waals surface area contributed by atoms with Gasteiger partial charge in [-0.15, -0.1) is 0 Å². The lowest BCUT2D eigenvalue weighted by Crippen LogP contribution is -2.41. The maximum absolute atomic E-state index is 3.96. The molecule has 3 saturated carbocycles. The standard InChI is InChI=1S/C19H35N/c1-2-15-7-9-16(10-8-15)14-20-19-12-11-17-5-3-4-6-18(17)13-19/h15-20H,2-14H2,1H3. The van der Waals surface area contributed by atoms with Crippen LogP contribution in [0.1, 0.15) is 84.0 Å². The predicted molar refractivity (Wildman–Crippen MR) is 86.8 cm³/mol. The Balaban J connectivity index is 1.36. The van der Waals surface area contributed by atoms with Crippen molar-refractivity contribution in [3.05, 3.63) is 0 Å². The quantitative estimate of drug-likeness (QED) is 0.749. The van der Waals surface area contributed by atoms with Crippen LogP contribution in [0, 0.1) is 23.7 Å². The van der Waals surface area contributed by atoms with Crippen molar-refractivity contribution >= 4 is 0 Å². The molecule has 1 nitrogen and oxygen atoms in total. The zero-order valence-corrected chi connectivity index (χ0v) is 13.6. The number of rotatable bonds is 4. The van der Waals surface area contributed by atoms with Crippen molar-refractivity contribution in [1.29, 1.82) is 0 Å². The van der Waals surface area contributed by atoms with Crippen LogP contribution in [0.5, 0.6) is 0 Å². The maximum atomic E-state index is 3.96. The average molecular weight is 277 g/mol. The van der Waals surface area contributed by atoms with Crippen LogP contribution in [0.2, 0.25) is 0 Å². The second kappa shape index (κ2) is 7.29. The minimum atomic E-state index is 0.859. The number of fused-ring (bicyclic) bond motifs is 1. The lowest BCUT2D eigenvalue weighted by molar-refractivity contribution is 0.138. The third kappa shape index (κ3) is 3.78. The molecule has 1 N–H and O–H groups in total. The summed E-state index contributed by atoms with van der Waals surface area (Å²) in [6.07, 6.45) is 18.0. The molecule has 3 fully saturated rings. The zero-order valence-electron chi connectivity index (χ0n) is 13.6. The minimum Gasteiger partial charge on any atom is -0.314 e.